The second-order valence-electron chi connectivity index (χ2n) is 19.2. The smallest absolute Gasteiger partial charge is 0.306 e. The fraction of sp³-hybridized carbons (Fsp3) is 0.787. The molecule has 0 amide bonds. The Bertz CT molecular complexity index is 1210. The van der Waals surface area contributed by atoms with Crippen molar-refractivity contribution >= 4 is 17.9 Å². The monoisotopic (exact) mass is 937 g/mol. The van der Waals surface area contributed by atoms with E-state index in [0.717, 1.165) is 96.3 Å². The summed E-state index contributed by atoms with van der Waals surface area (Å²) in [7, 11) is 0. The average Bonchev–Trinajstić information content (AvgIpc) is 3.33. The van der Waals surface area contributed by atoms with Crippen LogP contribution >= 0.6 is 0 Å². The normalized spacial score (nSPS) is 12.5. The highest BCUT2D eigenvalue weighted by Gasteiger charge is 2.19. The molecule has 0 aliphatic carbocycles. The van der Waals surface area contributed by atoms with Crippen LogP contribution in [0.4, 0.5) is 0 Å². The SMILES string of the molecule is CC/C=C\C/C=C\C/C=C\C/C=C\CCCCC(=O)OC[C@H](COC(=O)CCCCCCCCCCCCCCCCCCCCC)OC(=O)CCCCCCC/C=C\CCCCCCCC. The van der Waals surface area contributed by atoms with Crippen LogP contribution in [0, 0.1) is 0 Å². The van der Waals surface area contributed by atoms with Crippen molar-refractivity contribution in [3.63, 3.8) is 0 Å². The molecule has 6 heteroatoms. The lowest BCUT2D eigenvalue weighted by Gasteiger charge is -2.18. The van der Waals surface area contributed by atoms with Crippen molar-refractivity contribution in [2.75, 3.05) is 13.2 Å². The minimum Gasteiger partial charge on any atom is -0.462 e. The molecule has 0 saturated carbocycles. The Morgan fingerprint density at radius 2 is 0.582 bits per heavy atom. The summed E-state index contributed by atoms with van der Waals surface area (Å²) in [6, 6.07) is 0. The van der Waals surface area contributed by atoms with E-state index in [-0.39, 0.29) is 31.1 Å². The van der Waals surface area contributed by atoms with E-state index in [9.17, 15) is 14.4 Å². The Morgan fingerprint density at radius 3 is 0.955 bits per heavy atom. The van der Waals surface area contributed by atoms with Crippen LogP contribution in [0.25, 0.3) is 0 Å². The lowest BCUT2D eigenvalue weighted by molar-refractivity contribution is -0.167. The van der Waals surface area contributed by atoms with Crippen molar-refractivity contribution in [1.82, 2.24) is 0 Å². The molecular formula is C61H108O6. The van der Waals surface area contributed by atoms with E-state index in [1.54, 1.807) is 0 Å². The van der Waals surface area contributed by atoms with E-state index in [0.29, 0.717) is 19.3 Å². The first-order valence-electron chi connectivity index (χ1n) is 28.8. The van der Waals surface area contributed by atoms with E-state index >= 15 is 0 Å². The molecule has 6 nitrogen and oxygen atoms in total. The van der Waals surface area contributed by atoms with Crippen LogP contribution < -0.4 is 0 Å². The van der Waals surface area contributed by atoms with Gasteiger partial charge < -0.3 is 14.2 Å². The topological polar surface area (TPSA) is 78.9 Å². The number of esters is 3. The van der Waals surface area contributed by atoms with E-state index in [4.69, 9.17) is 14.2 Å². The van der Waals surface area contributed by atoms with Crippen LogP contribution in [0.2, 0.25) is 0 Å². The van der Waals surface area contributed by atoms with Gasteiger partial charge in [-0.1, -0.05) is 248 Å². The first-order valence-corrected chi connectivity index (χ1v) is 28.8. The van der Waals surface area contributed by atoms with Crippen molar-refractivity contribution in [1.29, 1.82) is 0 Å². The number of unbranched alkanes of at least 4 members (excludes halogenated alkanes) is 31. The molecule has 0 aromatic carbocycles. The highest BCUT2D eigenvalue weighted by atomic mass is 16.6. The third kappa shape index (κ3) is 53.9. The zero-order chi connectivity index (χ0) is 48.6. The predicted octanol–water partition coefficient (Wildman–Crippen LogP) is 19.2. The Hall–Kier alpha value is -2.89. The molecule has 0 N–H and O–H groups in total. The number of ether oxygens (including phenoxy) is 3. The summed E-state index contributed by atoms with van der Waals surface area (Å²) in [6.07, 6.45) is 69.3. The number of carbonyl (C=O) groups excluding carboxylic acids is 3. The number of allylic oxidation sites excluding steroid dienone is 10. The summed E-state index contributed by atoms with van der Waals surface area (Å²) in [5.41, 5.74) is 0. The number of hydrogen-bond donors (Lipinski definition) is 0. The molecule has 0 rings (SSSR count). The molecule has 0 aromatic rings. The molecule has 0 heterocycles. The molecule has 0 aliphatic rings. The van der Waals surface area contributed by atoms with Crippen LogP contribution in [-0.2, 0) is 28.6 Å². The Labute approximate surface area is 415 Å². The first-order chi connectivity index (χ1) is 33.0. The summed E-state index contributed by atoms with van der Waals surface area (Å²) in [4.78, 5) is 38.1. The van der Waals surface area contributed by atoms with Gasteiger partial charge in [0.2, 0.25) is 0 Å². The molecule has 1 atom stereocenters. The maximum absolute atomic E-state index is 12.8. The molecule has 388 valence electrons. The van der Waals surface area contributed by atoms with E-state index in [1.165, 1.54) is 154 Å². The molecule has 0 bridgehead atoms. The number of carbonyl (C=O) groups is 3. The van der Waals surface area contributed by atoms with Gasteiger partial charge in [0, 0.05) is 19.3 Å². The molecule has 0 fully saturated rings. The highest BCUT2D eigenvalue weighted by molar-refractivity contribution is 5.71. The quantitative estimate of drug-likeness (QED) is 0.0262. The van der Waals surface area contributed by atoms with Crippen molar-refractivity contribution in [3.8, 4) is 0 Å². The van der Waals surface area contributed by atoms with Gasteiger partial charge >= 0.3 is 17.9 Å². The van der Waals surface area contributed by atoms with Gasteiger partial charge in [0.15, 0.2) is 6.10 Å². The third-order valence-electron chi connectivity index (χ3n) is 12.5. The molecule has 0 aromatic heterocycles. The molecule has 67 heavy (non-hydrogen) atoms. The number of rotatable bonds is 52. The second kappa shape index (κ2) is 55.7. The van der Waals surface area contributed by atoms with Crippen LogP contribution in [0.1, 0.15) is 290 Å². The van der Waals surface area contributed by atoms with Gasteiger partial charge in [-0.2, -0.15) is 0 Å². The van der Waals surface area contributed by atoms with Crippen molar-refractivity contribution in [2.45, 2.75) is 297 Å². The maximum Gasteiger partial charge on any atom is 0.306 e. The molecule has 0 radical (unpaired) electrons. The molecule has 0 saturated heterocycles. The highest BCUT2D eigenvalue weighted by Crippen LogP contribution is 2.16. The Morgan fingerprint density at radius 1 is 0.313 bits per heavy atom. The predicted molar refractivity (Wildman–Crippen MR) is 288 cm³/mol. The Kier molecular flexibility index (Phi) is 53.3. The average molecular weight is 938 g/mol. The van der Waals surface area contributed by atoms with E-state index in [1.807, 2.05) is 0 Å². The zero-order valence-corrected chi connectivity index (χ0v) is 44.4. The Balaban J connectivity index is 4.39. The summed E-state index contributed by atoms with van der Waals surface area (Å²) < 4.78 is 16.8. The maximum atomic E-state index is 12.8. The van der Waals surface area contributed by atoms with Gasteiger partial charge in [0.25, 0.3) is 0 Å². The second-order valence-corrected chi connectivity index (χ2v) is 19.2. The minimum atomic E-state index is -0.794. The van der Waals surface area contributed by atoms with E-state index < -0.39 is 6.10 Å². The first kappa shape index (κ1) is 64.1. The lowest BCUT2D eigenvalue weighted by atomic mass is 10.0. The van der Waals surface area contributed by atoms with Crippen molar-refractivity contribution in [2.24, 2.45) is 0 Å². The molecule has 0 spiro atoms. The van der Waals surface area contributed by atoms with Gasteiger partial charge in [0.1, 0.15) is 13.2 Å². The van der Waals surface area contributed by atoms with Gasteiger partial charge in [-0.05, 0) is 83.5 Å². The molecule has 0 aliphatic heterocycles. The fourth-order valence-electron chi connectivity index (χ4n) is 8.19. The molecular weight excluding hydrogens is 829 g/mol. The molecule has 0 unspecified atom stereocenters. The van der Waals surface area contributed by atoms with Gasteiger partial charge in [-0.3, -0.25) is 14.4 Å². The van der Waals surface area contributed by atoms with Gasteiger partial charge in [-0.25, -0.2) is 0 Å². The minimum absolute atomic E-state index is 0.0881. The van der Waals surface area contributed by atoms with Gasteiger partial charge in [0.05, 0.1) is 0 Å². The standard InChI is InChI=1S/C61H108O6/c1-4-7-10-13-16-19-22-25-28-29-30-31-34-36-39-42-45-48-51-54-60(63)66-57-58(67-61(64)55-52-49-46-43-40-37-33-27-24-21-18-15-12-9-6-3)56-65-59(62)53-50-47-44-41-38-35-32-26-23-20-17-14-11-8-5-2/h8,11,17,20,26-27,32-33,38,41,58H,4-7,9-10,12-16,18-19,21-25,28-31,34-37,39-40,42-57H2,1-3H3/b11-8-,20-17-,32-26-,33-27-,41-38-/t58-/m1/s1. The largest absolute Gasteiger partial charge is 0.462 e. The van der Waals surface area contributed by atoms with E-state index in [2.05, 4.69) is 81.5 Å². The summed E-state index contributed by atoms with van der Waals surface area (Å²) in [5.74, 6) is -0.928. The van der Waals surface area contributed by atoms with Crippen LogP contribution in [-0.4, -0.2) is 37.2 Å². The van der Waals surface area contributed by atoms with Gasteiger partial charge in [-0.15, -0.1) is 0 Å². The van der Waals surface area contributed by atoms with Crippen LogP contribution in [0.3, 0.4) is 0 Å². The summed E-state index contributed by atoms with van der Waals surface area (Å²) in [5, 5.41) is 0. The lowest BCUT2D eigenvalue weighted by Crippen LogP contribution is -2.30. The summed E-state index contributed by atoms with van der Waals surface area (Å²) in [6.45, 7) is 6.51. The van der Waals surface area contributed by atoms with Crippen LogP contribution in [0.5, 0.6) is 0 Å². The van der Waals surface area contributed by atoms with Crippen LogP contribution in [0.15, 0.2) is 60.8 Å². The van der Waals surface area contributed by atoms with Crippen molar-refractivity contribution in [3.05, 3.63) is 60.8 Å². The zero-order valence-electron chi connectivity index (χ0n) is 44.4. The number of hydrogen-bond acceptors (Lipinski definition) is 6. The summed E-state index contributed by atoms with van der Waals surface area (Å²) >= 11 is 0. The fourth-order valence-corrected chi connectivity index (χ4v) is 8.19. The third-order valence-corrected chi connectivity index (χ3v) is 12.5. The van der Waals surface area contributed by atoms with Crippen molar-refractivity contribution < 1.29 is 28.6 Å².